The number of anilines is 1. The second-order valence-corrected chi connectivity index (χ2v) is 6.29. The van der Waals surface area contributed by atoms with Crippen molar-refractivity contribution in [2.45, 2.75) is 38.8 Å². The van der Waals surface area contributed by atoms with Crippen molar-refractivity contribution in [1.82, 2.24) is 24.6 Å². The Hall–Kier alpha value is -1.95. The number of nitrogens with one attached hydrogen (secondary N) is 1. The van der Waals surface area contributed by atoms with Gasteiger partial charge in [-0.15, -0.1) is 0 Å². The summed E-state index contributed by atoms with van der Waals surface area (Å²) in [6, 6.07) is 1.98. The van der Waals surface area contributed by atoms with E-state index >= 15 is 0 Å². The molecule has 1 N–H and O–H groups in total. The third-order valence-electron chi connectivity index (χ3n) is 4.51. The zero-order valence-corrected chi connectivity index (χ0v) is 13.8. The van der Waals surface area contributed by atoms with Gasteiger partial charge in [-0.2, -0.15) is 5.10 Å². The summed E-state index contributed by atoms with van der Waals surface area (Å²) < 4.78 is 1.85. The molecule has 3 rings (SSSR count). The molecule has 0 amide bonds. The van der Waals surface area contributed by atoms with E-state index in [-0.39, 0.29) is 5.54 Å². The van der Waals surface area contributed by atoms with Gasteiger partial charge in [-0.05, 0) is 33.2 Å². The van der Waals surface area contributed by atoms with E-state index in [4.69, 9.17) is 9.97 Å². The highest BCUT2D eigenvalue weighted by Gasteiger charge is 2.40. The fourth-order valence-corrected chi connectivity index (χ4v) is 3.24. The summed E-state index contributed by atoms with van der Waals surface area (Å²) in [6.45, 7) is 6.23. The van der Waals surface area contributed by atoms with Crippen LogP contribution in [0.15, 0.2) is 18.5 Å². The smallest absolute Gasteiger partial charge is 0.150 e. The summed E-state index contributed by atoms with van der Waals surface area (Å²) in [5.74, 6) is 1.80. The van der Waals surface area contributed by atoms with Crippen molar-refractivity contribution in [3.8, 4) is 0 Å². The van der Waals surface area contributed by atoms with Gasteiger partial charge in [0.25, 0.3) is 0 Å². The standard InChI is InChI=1S/C16H24N6/c1-12-8-14(17-3)20-15(19-12)16(2)6-5-7-22(16)11-13-9-18-21(4)10-13/h8-10H,5-7,11H2,1-4H3,(H,17,19,20)/t16-/m0/s1. The van der Waals surface area contributed by atoms with Gasteiger partial charge >= 0.3 is 0 Å². The Kier molecular flexibility index (Phi) is 3.87. The minimum absolute atomic E-state index is 0.118. The van der Waals surface area contributed by atoms with Crippen molar-refractivity contribution < 1.29 is 0 Å². The number of hydrogen-bond acceptors (Lipinski definition) is 5. The van der Waals surface area contributed by atoms with E-state index in [1.807, 2.05) is 38.0 Å². The number of likely N-dealkylation sites (tertiary alicyclic amines) is 1. The molecule has 1 atom stereocenters. The molecule has 1 aliphatic rings. The first-order valence-corrected chi connectivity index (χ1v) is 7.78. The summed E-state index contributed by atoms with van der Waals surface area (Å²) in [5.41, 5.74) is 2.12. The third kappa shape index (κ3) is 2.70. The van der Waals surface area contributed by atoms with Gasteiger partial charge in [0.15, 0.2) is 5.82 Å². The molecule has 6 nitrogen and oxygen atoms in total. The van der Waals surface area contributed by atoms with Gasteiger partial charge in [0.05, 0.1) is 11.7 Å². The zero-order chi connectivity index (χ0) is 15.7. The van der Waals surface area contributed by atoms with E-state index in [1.165, 1.54) is 12.0 Å². The van der Waals surface area contributed by atoms with Crippen LogP contribution in [0.25, 0.3) is 0 Å². The predicted octanol–water partition coefficient (Wildman–Crippen LogP) is 2.07. The monoisotopic (exact) mass is 300 g/mol. The minimum atomic E-state index is -0.118. The number of nitrogens with zero attached hydrogens (tertiary/aromatic N) is 5. The molecule has 1 saturated heterocycles. The summed E-state index contributed by atoms with van der Waals surface area (Å²) in [4.78, 5) is 11.9. The van der Waals surface area contributed by atoms with Crippen LogP contribution in [0, 0.1) is 6.92 Å². The Labute approximate surface area is 131 Å². The highest BCUT2D eigenvalue weighted by Crippen LogP contribution is 2.38. The Morgan fingerprint density at radius 3 is 2.86 bits per heavy atom. The van der Waals surface area contributed by atoms with Crippen LogP contribution in [0.5, 0.6) is 0 Å². The number of rotatable bonds is 4. The van der Waals surface area contributed by atoms with Crippen LogP contribution in [0.2, 0.25) is 0 Å². The first-order chi connectivity index (χ1) is 10.5. The van der Waals surface area contributed by atoms with Gasteiger partial charge in [0.2, 0.25) is 0 Å². The average molecular weight is 300 g/mol. The van der Waals surface area contributed by atoms with Gasteiger partial charge in [-0.25, -0.2) is 9.97 Å². The molecule has 0 bridgehead atoms. The molecule has 0 spiro atoms. The Morgan fingerprint density at radius 2 is 2.18 bits per heavy atom. The topological polar surface area (TPSA) is 58.9 Å². The lowest BCUT2D eigenvalue weighted by Gasteiger charge is -2.34. The van der Waals surface area contributed by atoms with E-state index in [2.05, 4.69) is 28.4 Å². The van der Waals surface area contributed by atoms with Crippen LogP contribution in [0.1, 0.15) is 36.8 Å². The molecule has 0 radical (unpaired) electrons. The van der Waals surface area contributed by atoms with Crippen LogP contribution in [-0.2, 0) is 19.1 Å². The van der Waals surface area contributed by atoms with Crippen molar-refractivity contribution in [1.29, 1.82) is 0 Å². The molecule has 1 fully saturated rings. The lowest BCUT2D eigenvalue weighted by atomic mass is 9.97. The van der Waals surface area contributed by atoms with Crippen molar-refractivity contribution in [3.05, 3.63) is 35.5 Å². The van der Waals surface area contributed by atoms with Crippen molar-refractivity contribution in [2.75, 3.05) is 18.9 Å². The van der Waals surface area contributed by atoms with Crippen LogP contribution in [0.4, 0.5) is 5.82 Å². The fourth-order valence-electron chi connectivity index (χ4n) is 3.24. The second-order valence-electron chi connectivity index (χ2n) is 6.29. The first kappa shape index (κ1) is 15.0. The molecule has 0 aromatic carbocycles. The molecule has 0 saturated carbocycles. The third-order valence-corrected chi connectivity index (χ3v) is 4.51. The van der Waals surface area contributed by atoms with Crippen LogP contribution in [-0.4, -0.2) is 38.2 Å². The Bertz CT molecular complexity index is 664. The van der Waals surface area contributed by atoms with Gasteiger partial charge in [-0.1, -0.05) is 0 Å². The molecule has 118 valence electrons. The van der Waals surface area contributed by atoms with Gasteiger partial charge in [-0.3, -0.25) is 9.58 Å². The quantitative estimate of drug-likeness (QED) is 0.936. The van der Waals surface area contributed by atoms with E-state index in [1.54, 1.807) is 0 Å². The van der Waals surface area contributed by atoms with Gasteiger partial charge in [0.1, 0.15) is 5.82 Å². The molecule has 3 heterocycles. The number of aryl methyl sites for hydroxylation is 2. The lowest BCUT2D eigenvalue weighted by Crippen LogP contribution is -2.39. The maximum absolute atomic E-state index is 4.72. The van der Waals surface area contributed by atoms with Crippen molar-refractivity contribution in [3.63, 3.8) is 0 Å². The molecule has 1 aliphatic heterocycles. The van der Waals surface area contributed by atoms with Crippen molar-refractivity contribution in [2.24, 2.45) is 7.05 Å². The van der Waals surface area contributed by atoms with Crippen LogP contribution in [0.3, 0.4) is 0 Å². The van der Waals surface area contributed by atoms with Crippen LogP contribution >= 0.6 is 0 Å². The maximum Gasteiger partial charge on any atom is 0.150 e. The van der Waals surface area contributed by atoms with E-state index in [0.29, 0.717) is 0 Å². The number of hydrogen-bond donors (Lipinski definition) is 1. The summed E-state index contributed by atoms with van der Waals surface area (Å²) in [6.07, 6.45) is 6.27. The zero-order valence-electron chi connectivity index (χ0n) is 13.8. The minimum Gasteiger partial charge on any atom is -0.373 e. The second kappa shape index (κ2) is 5.68. The van der Waals surface area contributed by atoms with E-state index < -0.39 is 0 Å². The normalized spacial score (nSPS) is 22.2. The van der Waals surface area contributed by atoms with Gasteiger partial charge < -0.3 is 5.32 Å². The van der Waals surface area contributed by atoms with Crippen molar-refractivity contribution >= 4 is 5.82 Å². The largest absolute Gasteiger partial charge is 0.373 e. The van der Waals surface area contributed by atoms with E-state index in [0.717, 1.165) is 36.8 Å². The summed E-state index contributed by atoms with van der Waals surface area (Å²) >= 11 is 0. The molecular weight excluding hydrogens is 276 g/mol. The molecular formula is C16H24N6. The molecule has 22 heavy (non-hydrogen) atoms. The molecule has 0 unspecified atom stereocenters. The first-order valence-electron chi connectivity index (χ1n) is 7.78. The fraction of sp³-hybridized carbons (Fsp3) is 0.562. The highest BCUT2D eigenvalue weighted by atomic mass is 15.3. The number of aromatic nitrogens is 4. The molecule has 2 aromatic rings. The lowest BCUT2D eigenvalue weighted by molar-refractivity contribution is 0.137. The van der Waals surface area contributed by atoms with Crippen LogP contribution < -0.4 is 5.32 Å². The van der Waals surface area contributed by atoms with E-state index in [9.17, 15) is 0 Å². The van der Waals surface area contributed by atoms with Gasteiger partial charge in [0, 0.05) is 44.2 Å². The SMILES string of the molecule is CNc1cc(C)nc([C@]2(C)CCCN2Cc2cnn(C)c2)n1. The predicted molar refractivity (Wildman–Crippen MR) is 86.5 cm³/mol. The molecule has 2 aromatic heterocycles. The molecule has 6 heteroatoms. The maximum atomic E-state index is 4.72. The summed E-state index contributed by atoms with van der Waals surface area (Å²) in [7, 11) is 3.85. The summed E-state index contributed by atoms with van der Waals surface area (Å²) in [5, 5.41) is 7.40. The average Bonchev–Trinajstić information content (AvgIpc) is 3.06. The Balaban J connectivity index is 1.91. The Morgan fingerprint density at radius 1 is 1.36 bits per heavy atom. The molecule has 0 aliphatic carbocycles. The highest BCUT2D eigenvalue weighted by molar-refractivity contribution is 5.36.